The van der Waals surface area contributed by atoms with Gasteiger partial charge in [-0.15, -0.1) is 0 Å². The number of alkyl carbamates (subject to hydrolysis) is 1. The third kappa shape index (κ3) is 7.32. The van der Waals surface area contributed by atoms with Gasteiger partial charge >= 0.3 is 18.2 Å². The number of nitrogens with one attached hydrogen (secondary N) is 1. The molecular weight excluding hydrogens is 331 g/mol. The molecule has 0 radical (unpaired) electrons. The molecule has 0 saturated carbocycles. The van der Waals surface area contributed by atoms with Gasteiger partial charge in [0, 0.05) is 0 Å². The molecule has 0 unspecified atom stereocenters. The average Bonchev–Trinajstić information content (AvgIpc) is 2.55. The number of carbonyl (C=O) groups excluding carboxylic acids is 2. The molecule has 0 aliphatic heterocycles. The average molecular weight is 349 g/mol. The lowest BCUT2D eigenvalue weighted by Gasteiger charge is -2.23. The number of hydrogen-bond acceptors (Lipinski definition) is 5. The molecule has 0 saturated heterocycles. The highest BCUT2D eigenvalue weighted by molar-refractivity contribution is 5.81. The van der Waals surface area contributed by atoms with Crippen LogP contribution in [0.1, 0.15) is 12.5 Å². The number of methoxy groups -OCH3 is 1. The molecule has 0 bridgehead atoms. The van der Waals surface area contributed by atoms with Crippen molar-refractivity contribution in [1.29, 1.82) is 0 Å². The minimum absolute atomic E-state index is 0.0572. The molecule has 1 N–H and O–H groups in total. The first-order valence-electron chi connectivity index (χ1n) is 6.96. The number of carbonyl (C=O) groups is 2. The molecule has 2 atom stereocenters. The number of rotatable bonds is 7. The van der Waals surface area contributed by atoms with E-state index in [0.717, 1.165) is 7.11 Å². The van der Waals surface area contributed by atoms with Crippen molar-refractivity contribution in [3.8, 4) is 0 Å². The Morgan fingerprint density at radius 2 is 1.83 bits per heavy atom. The molecule has 1 aromatic carbocycles. The summed E-state index contributed by atoms with van der Waals surface area (Å²) in [6.07, 6.45) is -6.79. The van der Waals surface area contributed by atoms with E-state index in [4.69, 9.17) is 4.74 Å². The third-order valence-electron chi connectivity index (χ3n) is 2.92. The number of esters is 1. The summed E-state index contributed by atoms with van der Waals surface area (Å²) in [4.78, 5) is 23.4. The van der Waals surface area contributed by atoms with Crippen LogP contribution in [0.25, 0.3) is 0 Å². The highest BCUT2D eigenvalue weighted by Gasteiger charge is 2.34. The molecule has 0 aliphatic carbocycles. The maximum absolute atomic E-state index is 12.2. The largest absolute Gasteiger partial charge is 0.467 e. The van der Waals surface area contributed by atoms with Crippen molar-refractivity contribution in [3.63, 3.8) is 0 Å². The Bertz CT molecular complexity index is 536. The summed E-state index contributed by atoms with van der Waals surface area (Å²) in [6.45, 7) is -0.397. The monoisotopic (exact) mass is 349 g/mol. The molecule has 0 heterocycles. The highest BCUT2D eigenvalue weighted by Crippen LogP contribution is 2.16. The van der Waals surface area contributed by atoms with E-state index in [2.05, 4.69) is 14.8 Å². The maximum atomic E-state index is 12.2. The second-order valence-electron chi connectivity index (χ2n) is 4.84. The molecule has 1 rings (SSSR count). The normalized spacial score (nSPS) is 13.7. The van der Waals surface area contributed by atoms with Crippen molar-refractivity contribution >= 4 is 12.1 Å². The summed E-state index contributed by atoms with van der Waals surface area (Å²) in [6, 6.07) is 7.30. The van der Waals surface area contributed by atoms with Gasteiger partial charge in [-0.2, -0.15) is 13.2 Å². The van der Waals surface area contributed by atoms with E-state index in [1.54, 1.807) is 30.3 Å². The van der Waals surface area contributed by atoms with Crippen molar-refractivity contribution in [2.75, 3.05) is 13.7 Å². The molecule has 1 aromatic rings. The van der Waals surface area contributed by atoms with Gasteiger partial charge in [0.2, 0.25) is 0 Å². The molecule has 9 heteroatoms. The van der Waals surface area contributed by atoms with Crippen LogP contribution in [0, 0.1) is 0 Å². The summed E-state index contributed by atoms with van der Waals surface area (Å²) in [5.74, 6) is -0.943. The van der Waals surface area contributed by atoms with Crippen molar-refractivity contribution < 1.29 is 37.0 Å². The minimum Gasteiger partial charge on any atom is -0.467 e. The molecule has 0 fully saturated rings. The molecule has 24 heavy (non-hydrogen) atoms. The topological polar surface area (TPSA) is 73.9 Å². The van der Waals surface area contributed by atoms with Crippen LogP contribution in [0.15, 0.2) is 30.3 Å². The second-order valence-corrected chi connectivity index (χ2v) is 4.84. The highest BCUT2D eigenvalue weighted by atomic mass is 19.4. The number of hydrogen-bond donors (Lipinski definition) is 1. The smallest absolute Gasteiger partial charge is 0.411 e. The Hall–Kier alpha value is -2.29. The molecule has 1 amide bonds. The molecule has 134 valence electrons. The Kier molecular flexibility index (Phi) is 7.50. The summed E-state index contributed by atoms with van der Waals surface area (Å²) in [5.41, 5.74) is 0.712. The van der Waals surface area contributed by atoms with Gasteiger partial charge in [0.05, 0.1) is 13.2 Å². The Labute approximate surface area is 136 Å². The van der Waals surface area contributed by atoms with Crippen LogP contribution in [-0.4, -0.2) is 44.1 Å². The minimum atomic E-state index is -4.55. The molecule has 0 aliphatic rings. The lowest BCUT2D eigenvalue weighted by molar-refractivity contribution is -0.189. The summed E-state index contributed by atoms with van der Waals surface area (Å²) in [7, 11) is 1.04. The lowest BCUT2D eigenvalue weighted by atomic mass is 10.2. The second kappa shape index (κ2) is 9.11. The number of halogens is 3. The predicted octanol–water partition coefficient (Wildman–Crippen LogP) is 2.42. The molecule has 0 aromatic heterocycles. The Morgan fingerprint density at radius 3 is 2.38 bits per heavy atom. The lowest BCUT2D eigenvalue weighted by Crippen LogP contribution is -2.50. The fraction of sp³-hybridized carbons (Fsp3) is 0.467. The van der Waals surface area contributed by atoms with Crippen LogP contribution in [0.4, 0.5) is 18.0 Å². The van der Waals surface area contributed by atoms with E-state index in [9.17, 15) is 22.8 Å². The number of alkyl halides is 3. The number of amides is 1. The van der Waals surface area contributed by atoms with E-state index >= 15 is 0 Å². The molecule has 0 spiro atoms. The third-order valence-corrected chi connectivity index (χ3v) is 2.92. The Balaban J connectivity index is 2.58. The van der Waals surface area contributed by atoms with Gasteiger partial charge in [0.1, 0.15) is 13.2 Å². The zero-order valence-electron chi connectivity index (χ0n) is 13.1. The van der Waals surface area contributed by atoms with Crippen molar-refractivity contribution in [1.82, 2.24) is 5.32 Å². The fourth-order valence-corrected chi connectivity index (χ4v) is 1.71. The SMILES string of the molecule is COC(=O)[C@@H](NC(=O)OCc1ccccc1)[C@@H](C)OCC(F)(F)F. The van der Waals surface area contributed by atoms with Crippen molar-refractivity contribution in [2.24, 2.45) is 0 Å². The zero-order valence-corrected chi connectivity index (χ0v) is 13.1. The maximum Gasteiger partial charge on any atom is 0.411 e. The van der Waals surface area contributed by atoms with E-state index in [1.165, 1.54) is 6.92 Å². The van der Waals surface area contributed by atoms with Gasteiger partial charge in [0.25, 0.3) is 0 Å². The summed E-state index contributed by atoms with van der Waals surface area (Å²) in [5, 5.41) is 2.15. The van der Waals surface area contributed by atoms with Gasteiger partial charge < -0.3 is 19.5 Å². The van der Waals surface area contributed by atoms with E-state index in [-0.39, 0.29) is 6.61 Å². The predicted molar refractivity (Wildman–Crippen MR) is 77.0 cm³/mol. The van der Waals surface area contributed by atoms with Crippen LogP contribution in [-0.2, 0) is 25.6 Å². The van der Waals surface area contributed by atoms with Crippen LogP contribution in [0.3, 0.4) is 0 Å². The van der Waals surface area contributed by atoms with Crippen molar-refractivity contribution in [2.45, 2.75) is 31.9 Å². The van der Waals surface area contributed by atoms with E-state index in [1.807, 2.05) is 0 Å². The molecule has 6 nitrogen and oxygen atoms in total. The van der Waals surface area contributed by atoms with Crippen molar-refractivity contribution in [3.05, 3.63) is 35.9 Å². The number of ether oxygens (including phenoxy) is 3. The Morgan fingerprint density at radius 1 is 1.21 bits per heavy atom. The van der Waals surface area contributed by atoms with Crippen LogP contribution in [0.2, 0.25) is 0 Å². The number of benzene rings is 1. The summed E-state index contributed by atoms with van der Waals surface area (Å²) >= 11 is 0. The van der Waals surface area contributed by atoms with Gasteiger partial charge in [-0.3, -0.25) is 0 Å². The fourth-order valence-electron chi connectivity index (χ4n) is 1.71. The van der Waals surface area contributed by atoms with Gasteiger partial charge in [-0.05, 0) is 12.5 Å². The standard InChI is InChI=1S/C15H18F3NO5/c1-10(24-9-15(16,17)18)12(13(20)22-2)19-14(21)23-8-11-6-4-3-5-7-11/h3-7,10,12H,8-9H2,1-2H3,(H,19,21)/t10-,12+/m1/s1. The van der Waals surface area contributed by atoms with Crippen LogP contribution in [0.5, 0.6) is 0 Å². The first kappa shape index (κ1) is 19.8. The van der Waals surface area contributed by atoms with Crippen LogP contribution >= 0.6 is 0 Å². The first-order chi connectivity index (χ1) is 11.2. The summed E-state index contributed by atoms with van der Waals surface area (Å²) < 4.78 is 50.5. The molecular formula is C15H18F3NO5. The van der Waals surface area contributed by atoms with E-state index < -0.39 is 37.0 Å². The van der Waals surface area contributed by atoms with Crippen LogP contribution < -0.4 is 5.32 Å². The van der Waals surface area contributed by atoms with Gasteiger partial charge in [-0.1, -0.05) is 30.3 Å². The van der Waals surface area contributed by atoms with E-state index in [0.29, 0.717) is 5.56 Å². The van der Waals surface area contributed by atoms with Gasteiger partial charge in [0.15, 0.2) is 6.04 Å². The van der Waals surface area contributed by atoms with Gasteiger partial charge in [-0.25, -0.2) is 9.59 Å². The first-order valence-corrected chi connectivity index (χ1v) is 6.96. The zero-order chi connectivity index (χ0) is 18.2. The quantitative estimate of drug-likeness (QED) is 0.766.